The fourth-order valence-electron chi connectivity index (χ4n) is 3.50. The first-order valence-electron chi connectivity index (χ1n) is 10.7. The SMILES string of the molecule is COc1ccc(C(C)NC(=O)CN(c2cccc(C(F)(F)F)c2)S(=O)(=O)c2ccccc2)cc1OC. The number of hydrogen-bond donors (Lipinski definition) is 1. The molecule has 11 heteroatoms. The van der Waals surface area contributed by atoms with Crippen LogP contribution in [-0.2, 0) is 21.0 Å². The van der Waals surface area contributed by atoms with Gasteiger partial charge < -0.3 is 14.8 Å². The molecule has 0 aromatic heterocycles. The van der Waals surface area contributed by atoms with Crippen LogP contribution in [-0.4, -0.2) is 35.1 Å². The maximum absolute atomic E-state index is 13.4. The molecule has 0 bridgehead atoms. The molecule has 36 heavy (non-hydrogen) atoms. The highest BCUT2D eigenvalue weighted by Gasteiger charge is 2.33. The number of sulfonamides is 1. The van der Waals surface area contributed by atoms with E-state index in [1.165, 1.54) is 44.6 Å². The summed E-state index contributed by atoms with van der Waals surface area (Å²) >= 11 is 0. The van der Waals surface area contributed by atoms with Gasteiger partial charge in [0.1, 0.15) is 6.54 Å². The fraction of sp³-hybridized carbons (Fsp3) is 0.240. The second kappa shape index (κ2) is 10.9. The first-order chi connectivity index (χ1) is 17.0. The van der Waals surface area contributed by atoms with Crippen LogP contribution in [0, 0.1) is 0 Å². The number of carbonyl (C=O) groups is 1. The minimum atomic E-state index is -4.69. The molecule has 0 aliphatic heterocycles. The minimum Gasteiger partial charge on any atom is -0.493 e. The molecule has 1 N–H and O–H groups in total. The monoisotopic (exact) mass is 522 g/mol. The van der Waals surface area contributed by atoms with Gasteiger partial charge in [0.2, 0.25) is 5.91 Å². The quantitative estimate of drug-likeness (QED) is 0.437. The largest absolute Gasteiger partial charge is 0.493 e. The van der Waals surface area contributed by atoms with Gasteiger partial charge in [0.15, 0.2) is 11.5 Å². The number of ether oxygens (including phenoxy) is 2. The molecule has 0 fully saturated rings. The van der Waals surface area contributed by atoms with Crippen molar-refractivity contribution < 1.29 is 35.9 Å². The van der Waals surface area contributed by atoms with E-state index in [1.807, 2.05) is 0 Å². The van der Waals surface area contributed by atoms with Gasteiger partial charge >= 0.3 is 6.18 Å². The first-order valence-corrected chi connectivity index (χ1v) is 12.2. The molecule has 7 nitrogen and oxygen atoms in total. The zero-order chi connectivity index (χ0) is 26.5. The molecule has 3 aromatic carbocycles. The third-order valence-electron chi connectivity index (χ3n) is 5.36. The molecule has 0 saturated heterocycles. The fourth-order valence-corrected chi connectivity index (χ4v) is 4.93. The Morgan fingerprint density at radius 3 is 2.22 bits per heavy atom. The van der Waals surface area contributed by atoms with Crippen molar-refractivity contribution in [3.8, 4) is 11.5 Å². The van der Waals surface area contributed by atoms with Crippen LogP contribution in [0.4, 0.5) is 18.9 Å². The maximum atomic E-state index is 13.4. The number of amides is 1. The number of benzene rings is 3. The van der Waals surface area contributed by atoms with E-state index < -0.39 is 40.3 Å². The third kappa shape index (κ3) is 6.09. The van der Waals surface area contributed by atoms with Gasteiger partial charge in [0.05, 0.1) is 36.4 Å². The molecule has 1 unspecified atom stereocenters. The van der Waals surface area contributed by atoms with Gasteiger partial charge in [-0.1, -0.05) is 30.3 Å². The summed E-state index contributed by atoms with van der Waals surface area (Å²) in [6.07, 6.45) is -4.69. The summed E-state index contributed by atoms with van der Waals surface area (Å²) in [5, 5.41) is 2.69. The Labute approximate surface area is 207 Å². The summed E-state index contributed by atoms with van der Waals surface area (Å²) in [6, 6.07) is 15.5. The highest BCUT2D eigenvalue weighted by molar-refractivity contribution is 7.92. The van der Waals surface area contributed by atoms with E-state index in [2.05, 4.69) is 5.32 Å². The van der Waals surface area contributed by atoms with Gasteiger partial charge in [0, 0.05) is 0 Å². The van der Waals surface area contributed by atoms with Crippen molar-refractivity contribution in [3.05, 3.63) is 83.9 Å². The van der Waals surface area contributed by atoms with E-state index in [4.69, 9.17) is 9.47 Å². The Balaban J connectivity index is 1.93. The molecule has 0 heterocycles. The van der Waals surface area contributed by atoms with Gasteiger partial charge in [0.25, 0.3) is 10.0 Å². The van der Waals surface area contributed by atoms with Crippen LogP contribution in [0.3, 0.4) is 0 Å². The number of methoxy groups -OCH3 is 2. The van der Waals surface area contributed by atoms with Crippen molar-refractivity contribution in [2.24, 2.45) is 0 Å². The summed E-state index contributed by atoms with van der Waals surface area (Å²) in [5.74, 6) is 0.215. The summed E-state index contributed by atoms with van der Waals surface area (Å²) in [6.45, 7) is 0.940. The van der Waals surface area contributed by atoms with Crippen LogP contribution in [0.25, 0.3) is 0 Å². The highest BCUT2D eigenvalue weighted by atomic mass is 32.2. The van der Waals surface area contributed by atoms with Gasteiger partial charge in [-0.15, -0.1) is 0 Å². The zero-order valence-electron chi connectivity index (χ0n) is 19.7. The molecule has 3 aromatic rings. The number of alkyl halides is 3. The maximum Gasteiger partial charge on any atom is 0.416 e. The zero-order valence-corrected chi connectivity index (χ0v) is 20.6. The molecular formula is C25H25F3N2O5S. The van der Waals surface area contributed by atoms with Gasteiger partial charge in [-0.2, -0.15) is 13.2 Å². The lowest BCUT2D eigenvalue weighted by atomic mass is 10.1. The van der Waals surface area contributed by atoms with E-state index in [-0.39, 0.29) is 10.6 Å². The van der Waals surface area contributed by atoms with Crippen LogP contribution < -0.4 is 19.1 Å². The molecule has 1 atom stereocenters. The standard InChI is InChI=1S/C25H25F3N2O5S/c1-17(18-12-13-22(34-2)23(14-18)35-3)29-24(31)16-30(36(32,33)21-10-5-4-6-11-21)20-9-7-8-19(15-20)25(26,27)28/h4-15,17H,16H2,1-3H3,(H,29,31). The minimum absolute atomic E-state index is 0.164. The number of nitrogens with zero attached hydrogens (tertiary/aromatic N) is 1. The number of hydrogen-bond acceptors (Lipinski definition) is 5. The molecule has 1 amide bonds. The second-order valence-electron chi connectivity index (χ2n) is 7.78. The van der Waals surface area contributed by atoms with Crippen molar-refractivity contribution >= 4 is 21.6 Å². The molecule has 0 radical (unpaired) electrons. The molecule has 192 valence electrons. The van der Waals surface area contributed by atoms with Crippen LogP contribution in [0.5, 0.6) is 11.5 Å². The number of anilines is 1. The smallest absolute Gasteiger partial charge is 0.416 e. The summed E-state index contributed by atoms with van der Waals surface area (Å²) in [7, 11) is -1.41. The van der Waals surface area contributed by atoms with Crippen LogP contribution in [0.15, 0.2) is 77.7 Å². The Kier molecular flexibility index (Phi) is 8.13. The molecule has 0 aliphatic rings. The molecule has 0 spiro atoms. The molecular weight excluding hydrogens is 497 g/mol. The van der Waals surface area contributed by atoms with Crippen LogP contribution in [0.2, 0.25) is 0 Å². The lowest BCUT2D eigenvalue weighted by molar-refractivity contribution is -0.137. The normalized spacial score (nSPS) is 12.5. The highest BCUT2D eigenvalue weighted by Crippen LogP contribution is 2.33. The number of carbonyl (C=O) groups excluding carboxylic acids is 1. The molecule has 0 aliphatic carbocycles. The first kappa shape index (κ1) is 26.9. The molecule has 0 saturated carbocycles. The van der Waals surface area contributed by atoms with Crippen LogP contribution >= 0.6 is 0 Å². The van der Waals surface area contributed by atoms with E-state index in [9.17, 15) is 26.4 Å². The summed E-state index contributed by atoms with van der Waals surface area (Å²) < 4.78 is 77.8. The van der Waals surface area contributed by atoms with E-state index >= 15 is 0 Å². The van der Waals surface area contributed by atoms with Crippen molar-refractivity contribution in [3.63, 3.8) is 0 Å². The average molecular weight is 523 g/mol. The third-order valence-corrected chi connectivity index (χ3v) is 7.15. The predicted octanol–water partition coefficient (Wildman–Crippen LogP) is 4.80. The Morgan fingerprint density at radius 1 is 0.944 bits per heavy atom. The van der Waals surface area contributed by atoms with Crippen molar-refractivity contribution in [1.29, 1.82) is 0 Å². The van der Waals surface area contributed by atoms with E-state index in [1.54, 1.807) is 31.2 Å². The topological polar surface area (TPSA) is 84.9 Å². The van der Waals surface area contributed by atoms with E-state index in [0.29, 0.717) is 27.4 Å². The Hall–Kier alpha value is -3.73. The lowest BCUT2D eigenvalue weighted by Crippen LogP contribution is -2.41. The molecule has 3 rings (SSSR count). The van der Waals surface area contributed by atoms with Gasteiger partial charge in [-0.3, -0.25) is 9.10 Å². The van der Waals surface area contributed by atoms with Crippen molar-refractivity contribution in [1.82, 2.24) is 5.32 Å². The van der Waals surface area contributed by atoms with Crippen molar-refractivity contribution in [2.75, 3.05) is 25.1 Å². The Morgan fingerprint density at radius 2 is 1.61 bits per heavy atom. The lowest BCUT2D eigenvalue weighted by Gasteiger charge is -2.26. The summed E-state index contributed by atoms with van der Waals surface area (Å²) in [5.41, 5.74) is -0.674. The predicted molar refractivity (Wildman–Crippen MR) is 129 cm³/mol. The summed E-state index contributed by atoms with van der Waals surface area (Å²) in [4.78, 5) is 12.8. The van der Waals surface area contributed by atoms with E-state index in [0.717, 1.165) is 12.1 Å². The van der Waals surface area contributed by atoms with Crippen LogP contribution in [0.1, 0.15) is 24.1 Å². The number of nitrogens with one attached hydrogen (secondary N) is 1. The van der Waals surface area contributed by atoms with Gasteiger partial charge in [-0.25, -0.2) is 8.42 Å². The number of halogens is 3. The number of rotatable bonds is 9. The second-order valence-corrected chi connectivity index (χ2v) is 9.64. The Bertz CT molecular complexity index is 1310. The van der Waals surface area contributed by atoms with Crippen molar-refractivity contribution in [2.45, 2.75) is 24.0 Å². The average Bonchev–Trinajstić information content (AvgIpc) is 2.86. The van der Waals surface area contributed by atoms with Gasteiger partial charge in [-0.05, 0) is 55.0 Å².